The first-order chi connectivity index (χ1) is 23.8. The molecule has 0 N–H and O–H groups in total. The fourth-order valence-corrected chi connectivity index (χ4v) is 7.60. The first kappa shape index (κ1) is 26.8. The third kappa shape index (κ3) is 4.13. The van der Waals surface area contributed by atoms with E-state index in [-0.39, 0.29) is 0 Å². The predicted molar refractivity (Wildman–Crippen MR) is 204 cm³/mol. The summed E-state index contributed by atoms with van der Waals surface area (Å²) < 4.78 is 6.23. The van der Waals surface area contributed by atoms with Gasteiger partial charge in [0.2, 0.25) is 0 Å². The number of furan rings is 1. The van der Waals surface area contributed by atoms with E-state index in [1.807, 2.05) is 12.1 Å². The van der Waals surface area contributed by atoms with Gasteiger partial charge in [-0.3, -0.25) is 0 Å². The van der Waals surface area contributed by atoms with Crippen molar-refractivity contribution in [2.75, 3.05) is 4.90 Å². The molecule has 48 heavy (non-hydrogen) atoms. The van der Waals surface area contributed by atoms with E-state index < -0.39 is 0 Å². The molecule has 224 valence electrons. The van der Waals surface area contributed by atoms with Gasteiger partial charge in [0.1, 0.15) is 11.2 Å². The van der Waals surface area contributed by atoms with E-state index >= 15 is 0 Å². The molecule has 0 fully saturated rings. The van der Waals surface area contributed by atoms with Crippen LogP contribution >= 0.6 is 0 Å². The highest BCUT2D eigenvalue weighted by molar-refractivity contribution is 6.25. The van der Waals surface area contributed by atoms with Crippen LogP contribution in [0, 0.1) is 0 Å². The third-order valence-electron chi connectivity index (χ3n) is 9.83. The molecule has 1 aromatic heterocycles. The number of benzene rings is 9. The predicted octanol–water partition coefficient (Wildman–Crippen LogP) is 13.3. The molecule has 0 saturated carbocycles. The molecular formula is C46H29NO. The molecule has 10 aromatic rings. The lowest BCUT2D eigenvalue weighted by Crippen LogP contribution is -2.10. The van der Waals surface area contributed by atoms with Gasteiger partial charge in [0.05, 0.1) is 0 Å². The van der Waals surface area contributed by atoms with Gasteiger partial charge in [-0.05, 0) is 103 Å². The van der Waals surface area contributed by atoms with Gasteiger partial charge in [-0.25, -0.2) is 0 Å². The van der Waals surface area contributed by atoms with Crippen LogP contribution in [0.1, 0.15) is 0 Å². The van der Waals surface area contributed by atoms with Crippen LogP contribution in [0.4, 0.5) is 17.1 Å². The Kier molecular flexibility index (Phi) is 5.91. The van der Waals surface area contributed by atoms with Crippen molar-refractivity contribution in [1.29, 1.82) is 0 Å². The molecule has 0 atom stereocenters. The molecule has 0 aliphatic rings. The molecule has 0 radical (unpaired) electrons. The molecule has 0 saturated heterocycles. The van der Waals surface area contributed by atoms with E-state index in [2.05, 4.69) is 169 Å². The van der Waals surface area contributed by atoms with Crippen LogP contribution in [-0.4, -0.2) is 0 Å². The van der Waals surface area contributed by atoms with Gasteiger partial charge < -0.3 is 9.32 Å². The minimum Gasteiger partial charge on any atom is -0.456 e. The number of fused-ring (bicyclic) bond motifs is 10. The van der Waals surface area contributed by atoms with Crippen LogP contribution in [0.3, 0.4) is 0 Å². The molecule has 0 bridgehead atoms. The van der Waals surface area contributed by atoms with Crippen LogP contribution in [0.2, 0.25) is 0 Å². The number of hydrogen-bond donors (Lipinski definition) is 0. The molecule has 0 aliphatic heterocycles. The van der Waals surface area contributed by atoms with Crippen molar-refractivity contribution in [2.24, 2.45) is 0 Å². The molecule has 0 amide bonds. The van der Waals surface area contributed by atoms with E-state index in [0.29, 0.717) is 0 Å². The second-order valence-electron chi connectivity index (χ2n) is 12.5. The molecule has 0 spiro atoms. The summed E-state index contributed by atoms with van der Waals surface area (Å²) >= 11 is 0. The summed E-state index contributed by atoms with van der Waals surface area (Å²) in [6.45, 7) is 0. The maximum Gasteiger partial charge on any atom is 0.135 e. The SMILES string of the molecule is c1ccc2c(-c3ccc(N(c4ccc5oc6ccccc6c5c4)c4ccc5c6ccccc6c6ccccc6c5c4)cc3)cccc2c1. The molecular weight excluding hydrogens is 583 g/mol. The van der Waals surface area contributed by atoms with Crippen molar-refractivity contribution in [3.05, 3.63) is 176 Å². The Bertz CT molecular complexity index is 2800. The quantitative estimate of drug-likeness (QED) is 0.184. The van der Waals surface area contributed by atoms with Crippen LogP contribution < -0.4 is 4.90 Å². The zero-order valence-electron chi connectivity index (χ0n) is 26.1. The lowest BCUT2D eigenvalue weighted by molar-refractivity contribution is 0.669. The van der Waals surface area contributed by atoms with Crippen LogP contribution in [0.5, 0.6) is 0 Å². The summed E-state index contributed by atoms with van der Waals surface area (Å²) in [5.74, 6) is 0. The third-order valence-corrected chi connectivity index (χ3v) is 9.83. The highest BCUT2D eigenvalue weighted by Crippen LogP contribution is 2.43. The highest BCUT2D eigenvalue weighted by atomic mass is 16.3. The molecule has 9 aromatic carbocycles. The Hall–Kier alpha value is -6.38. The second kappa shape index (κ2) is 10.6. The Morgan fingerprint density at radius 2 is 0.812 bits per heavy atom. The van der Waals surface area contributed by atoms with Gasteiger partial charge in [-0.15, -0.1) is 0 Å². The van der Waals surface area contributed by atoms with Crippen molar-refractivity contribution in [3.63, 3.8) is 0 Å². The molecule has 2 heteroatoms. The lowest BCUT2D eigenvalue weighted by atomic mass is 9.94. The molecule has 0 unspecified atom stereocenters. The molecule has 0 aliphatic carbocycles. The fourth-order valence-electron chi connectivity index (χ4n) is 7.60. The monoisotopic (exact) mass is 611 g/mol. The number of para-hydroxylation sites is 1. The van der Waals surface area contributed by atoms with Gasteiger partial charge in [-0.2, -0.15) is 0 Å². The zero-order valence-corrected chi connectivity index (χ0v) is 26.1. The molecule has 2 nitrogen and oxygen atoms in total. The largest absolute Gasteiger partial charge is 0.456 e. The summed E-state index contributed by atoms with van der Waals surface area (Å²) in [7, 11) is 0. The Morgan fingerprint density at radius 1 is 0.312 bits per heavy atom. The van der Waals surface area contributed by atoms with Gasteiger partial charge in [0.25, 0.3) is 0 Å². The maximum atomic E-state index is 6.23. The molecule has 10 rings (SSSR count). The van der Waals surface area contributed by atoms with Crippen molar-refractivity contribution in [1.82, 2.24) is 0 Å². The normalized spacial score (nSPS) is 11.8. The lowest BCUT2D eigenvalue weighted by Gasteiger charge is -2.26. The smallest absolute Gasteiger partial charge is 0.135 e. The average molecular weight is 612 g/mol. The van der Waals surface area contributed by atoms with Crippen LogP contribution in [0.15, 0.2) is 180 Å². The minimum atomic E-state index is 0.891. The topological polar surface area (TPSA) is 16.4 Å². The Labute approximate surface area is 277 Å². The summed E-state index contributed by atoms with van der Waals surface area (Å²) in [4.78, 5) is 2.37. The van der Waals surface area contributed by atoms with E-state index in [1.54, 1.807) is 0 Å². The second-order valence-corrected chi connectivity index (χ2v) is 12.5. The zero-order chi connectivity index (χ0) is 31.6. The number of nitrogens with zero attached hydrogens (tertiary/aromatic N) is 1. The number of rotatable bonds is 4. The number of anilines is 3. The van der Waals surface area contributed by atoms with Crippen LogP contribution in [0.25, 0.3) is 76.2 Å². The van der Waals surface area contributed by atoms with E-state index in [9.17, 15) is 0 Å². The minimum absolute atomic E-state index is 0.891. The first-order valence-electron chi connectivity index (χ1n) is 16.4. The Balaban J connectivity index is 1.20. The van der Waals surface area contributed by atoms with E-state index in [4.69, 9.17) is 4.42 Å². The van der Waals surface area contributed by atoms with Crippen LogP contribution in [-0.2, 0) is 0 Å². The summed E-state index contributed by atoms with van der Waals surface area (Å²) in [5, 5.41) is 12.3. The highest BCUT2D eigenvalue weighted by Gasteiger charge is 2.18. The van der Waals surface area contributed by atoms with Crippen molar-refractivity contribution in [3.8, 4) is 11.1 Å². The van der Waals surface area contributed by atoms with E-state index in [1.165, 1.54) is 54.2 Å². The maximum absolute atomic E-state index is 6.23. The fraction of sp³-hybridized carbons (Fsp3) is 0. The van der Waals surface area contributed by atoms with Gasteiger partial charge in [-0.1, -0.05) is 127 Å². The standard InChI is InChI=1S/C46H29NO/c1-2-12-35-30(10-1)11-9-18-36(35)31-20-22-32(23-21-31)47(34-25-27-46-44(29-34)42-17-7-8-19-45(42)48-46)33-24-26-41-39-15-4-3-13-37(39)38-14-5-6-16-40(38)43(41)28-33/h1-29H. The number of hydrogen-bond acceptors (Lipinski definition) is 2. The van der Waals surface area contributed by atoms with Crippen molar-refractivity contribution >= 4 is 82.1 Å². The average Bonchev–Trinajstić information content (AvgIpc) is 3.53. The summed E-state index contributed by atoms with van der Waals surface area (Å²) in [6, 6.07) is 63.4. The molecule has 1 heterocycles. The first-order valence-corrected chi connectivity index (χ1v) is 16.4. The van der Waals surface area contributed by atoms with Crippen molar-refractivity contribution in [2.45, 2.75) is 0 Å². The van der Waals surface area contributed by atoms with Gasteiger partial charge >= 0.3 is 0 Å². The summed E-state index contributed by atoms with van der Waals surface area (Å²) in [6.07, 6.45) is 0. The summed E-state index contributed by atoms with van der Waals surface area (Å²) in [5.41, 5.74) is 7.51. The van der Waals surface area contributed by atoms with Crippen molar-refractivity contribution < 1.29 is 4.42 Å². The van der Waals surface area contributed by atoms with E-state index in [0.717, 1.165) is 39.0 Å². The Morgan fingerprint density at radius 3 is 1.54 bits per heavy atom. The van der Waals surface area contributed by atoms with Gasteiger partial charge in [0, 0.05) is 27.8 Å². The van der Waals surface area contributed by atoms with Gasteiger partial charge in [0.15, 0.2) is 0 Å².